The average molecular weight is 242 g/mol. The van der Waals surface area contributed by atoms with E-state index in [9.17, 15) is 9.59 Å². The molecule has 0 heterocycles. The molecule has 2 nitrogen and oxygen atoms in total. The lowest BCUT2D eigenvalue weighted by molar-refractivity contribution is 0.0699. The van der Waals surface area contributed by atoms with Gasteiger partial charge in [-0.05, 0) is 12.8 Å². The fourth-order valence-corrected chi connectivity index (χ4v) is 3.42. The molecule has 3 rings (SSSR count). The Balaban J connectivity index is 2.03. The van der Waals surface area contributed by atoms with Gasteiger partial charge in [-0.15, -0.1) is 0 Å². The van der Waals surface area contributed by atoms with E-state index in [-0.39, 0.29) is 23.4 Å². The van der Waals surface area contributed by atoms with Crippen LogP contribution in [0.15, 0.2) is 24.3 Å². The van der Waals surface area contributed by atoms with Crippen molar-refractivity contribution in [3.8, 4) is 0 Å². The topological polar surface area (TPSA) is 34.1 Å². The van der Waals surface area contributed by atoms with Crippen molar-refractivity contribution >= 4 is 11.6 Å². The largest absolute Gasteiger partial charge is 0.294 e. The van der Waals surface area contributed by atoms with E-state index in [0.29, 0.717) is 11.1 Å². The number of carbonyl (C=O) groups excluding carboxylic acids is 2. The summed E-state index contributed by atoms with van der Waals surface area (Å²) in [6.45, 7) is 0. The zero-order valence-corrected chi connectivity index (χ0v) is 10.5. The first-order valence-electron chi connectivity index (χ1n) is 6.96. The van der Waals surface area contributed by atoms with Gasteiger partial charge in [-0.3, -0.25) is 9.59 Å². The Hall–Kier alpha value is -1.44. The van der Waals surface area contributed by atoms with Crippen molar-refractivity contribution in [2.45, 2.75) is 38.5 Å². The van der Waals surface area contributed by atoms with Gasteiger partial charge in [-0.1, -0.05) is 49.9 Å². The molecule has 0 bridgehead atoms. The molecule has 18 heavy (non-hydrogen) atoms. The summed E-state index contributed by atoms with van der Waals surface area (Å²) >= 11 is 0. The van der Waals surface area contributed by atoms with Gasteiger partial charge in [-0.25, -0.2) is 0 Å². The third-order valence-electron chi connectivity index (χ3n) is 4.40. The summed E-state index contributed by atoms with van der Waals surface area (Å²) < 4.78 is 0. The molecule has 0 aliphatic heterocycles. The van der Waals surface area contributed by atoms with E-state index in [1.165, 1.54) is 12.8 Å². The Morgan fingerprint density at radius 2 is 1.17 bits per heavy atom. The van der Waals surface area contributed by atoms with Crippen LogP contribution in [0.5, 0.6) is 0 Å². The summed E-state index contributed by atoms with van der Waals surface area (Å²) in [7, 11) is 0. The highest BCUT2D eigenvalue weighted by atomic mass is 16.1. The van der Waals surface area contributed by atoms with Crippen molar-refractivity contribution in [2.75, 3.05) is 0 Å². The second kappa shape index (κ2) is 4.68. The fraction of sp³-hybridized carbons (Fsp3) is 0.500. The lowest BCUT2D eigenvalue weighted by Crippen LogP contribution is -2.37. The number of Topliss-reactive ketones (excluding diaryl/α,β-unsaturated/α-hetero) is 2. The third-order valence-corrected chi connectivity index (χ3v) is 4.40. The van der Waals surface area contributed by atoms with Crippen LogP contribution >= 0.6 is 0 Å². The van der Waals surface area contributed by atoms with Gasteiger partial charge in [0.25, 0.3) is 0 Å². The zero-order valence-electron chi connectivity index (χ0n) is 10.5. The molecule has 1 aromatic rings. The number of fused-ring (bicyclic) bond motifs is 2. The molecule has 0 saturated heterocycles. The summed E-state index contributed by atoms with van der Waals surface area (Å²) in [5.41, 5.74) is 1.31. The molecule has 2 aliphatic rings. The highest BCUT2D eigenvalue weighted by Gasteiger charge is 2.40. The molecule has 2 unspecified atom stereocenters. The Morgan fingerprint density at radius 3 is 1.61 bits per heavy atom. The lowest BCUT2D eigenvalue weighted by Gasteiger charge is -2.32. The maximum absolute atomic E-state index is 12.5. The van der Waals surface area contributed by atoms with Gasteiger partial charge in [0.05, 0.1) is 0 Å². The van der Waals surface area contributed by atoms with Crippen LogP contribution in [0.4, 0.5) is 0 Å². The minimum absolute atomic E-state index is 0.0484. The van der Waals surface area contributed by atoms with Gasteiger partial charge in [0.15, 0.2) is 11.6 Å². The van der Waals surface area contributed by atoms with E-state index in [0.717, 1.165) is 25.7 Å². The number of ketones is 2. The van der Waals surface area contributed by atoms with Crippen molar-refractivity contribution < 1.29 is 9.59 Å². The quantitative estimate of drug-likeness (QED) is 0.696. The van der Waals surface area contributed by atoms with Crippen molar-refractivity contribution in [1.82, 2.24) is 0 Å². The second-order valence-electron chi connectivity index (χ2n) is 5.48. The first-order valence-corrected chi connectivity index (χ1v) is 6.96. The molecule has 2 atom stereocenters. The van der Waals surface area contributed by atoms with Crippen LogP contribution in [-0.4, -0.2) is 11.6 Å². The number of rotatable bonds is 0. The van der Waals surface area contributed by atoms with Gasteiger partial charge >= 0.3 is 0 Å². The molecule has 1 fully saturated rings. The number of hydrogen-bond acceptors (Lipinski definition) is 2. The van der Waals surface area contributed by atoms with Crippen LogP contribution in [0, 0.1) is 11.8 Å². The standard InChI is InChI=1S/C16H18O2/c17-15-11-7-3-1-2-4-8-12(11)16(18)14-10-6-5-9-13(14)15/h5-6,9-12H,1-4,7-8H2. The van der Waals surface area contributed by atoms with E-state index in [1.54, 1.807) is 0 Å². The van der Waals surface area contributed by atoms with Crippen molar-refractivity contribution in [1.29, 1.82) is 0 Å². The van der Waals surface area contributed by atoms with E-state index >= 15 is 0 Å². The molecule has 94 valence electrons. The molecule has 0 amide bonds. The van der Waals surface area contributed by atoms with Crippen LogP contribution in [-0.2, 0) is 0 Å². The SMILES string of the molecule is O=C1c2ccccc2C(=O)C2CCCCCCC12. The molecular formula is C16H18O2. The zero-order chi connectivity index (χ0) is 12.5. The van der Waals surface area contributed by atoms with E-state index < -0.39 is 0 Å². The maximum atomic E-state index is 12.5. The predicted molar refractivity (Wildman–Crippen MR) is 69.8 cm³/mol. The molecule has 0 aromatic heterocycles. The van der Waals surface area contributed by atoms with Crippen LogP contribution < -0.4 is 0 Å². The highest BCUT2D eigenvalue weighted by Crippen LogP contribution is 2.37. The molecule has 0 spiro atoms. The molecule has 2 heteroatoms. The van der Waals surface area contributed by atoms with E-state index in [1.807, 2.05) is 24.3 Å². The van der Waals surface area contributed by atoms with Crippen molar-refractivity contribution in [3.63, 3.8) is 0 Å². The Morgan fingerprint density at radius 1 is 0.722 bits per heavy atom. The summed E-state index contributed by atoms with van der Waals surface area (Å²) in [6, 6.07) is 7.33. The maximum Gasteiger partial charge on any atom is 0.167 e. The first-order chi connectivity index (χ1) is 8.79. The van der Waals surface area contributed by atoms with Crippen molar-refractivity contribution in [2.24, 2.45) is 11.8 Å². The van der Waals surface area contributed by atoms with Crippen LogP contribution in [0.25, 0.3) is 0 Å². The van der Waals surface area contributed by atoms with Gasteiger partial charge in [0.1, 0.15) is 0 Å². The normalized spacial score (nSPS) is 28.0. The molecule has 1 saturated carbocycles. The second-order valence-corrected chi connectivity index (χ2v) is 5.48. The summed E-state index contributed by atoms with van der Waals surface area (Å²) in [5, 5.41) is 0. The molecule has 0 N–H and O–H groups in total. The minimum atomic E-state index is -0.0484. The van der Waals surface area contributed by atoms with Crippen molar-refractivity contribution in [3.05, 3.63) is 35.4 Å². The summed E-state index contributed by atoms with van der Waals surface area (Å²) in [5.74, 6) is 0.314. The monoisotopic (exact) mass is 242 g/mol. The molecular weight excluding hydrogens is 224 g/mol. The summed E-state index contributed by atoms with van der Waals surface area (Å²) in [6.07, 6.45) is 6.36. The van der Waals surface area contributed by atoms with Gasteiger partial charge in [0.2, 0.25) is 0 Å². The Bertz CT molecular complexity index is 445. The number of carbonyl (C=O) groups is 2. The average Bonchev–Trinajstić information content (AvgIpc) is 2.36. The smallest absolute Gasteiger partial charge is 0.167 e. The molecule has 0 radical (unpaired) electrons. The number of hydrogen-bond donors (Lipinski definition) is 0. The van der Waals surface area contributed by atoms with Gasteiger partial charge < -0.3 is 0 Å². The minimum Gasteiger partial charge on any atom is -0.294 e. The van der Waals surface area contributed by atoms with E-state index in [4.69, 9.17) is 0 Å². The van der Waals surface area contributed by atoms with Gasteiger partial charge in [0, 0.05) is 23.0 Å². The molecule has 1 aromatic carbocycles. The fourth-order valence-electron chi connectivity index (χ4n) is 3.42. The Kier molecular flexibility index (Phi) is 3.02. The lowest BCUT2D eigenvalue weighted by atomic mass is 9.69. The summed E-state index contributed by atoms with van der Waals surface area (Å²) in [4.78, 5) is 25.0. The predicted octanol–water partition coefficient (Wildman–Crippen LogP) is 3.65. The van der Waals surface area contributed by atoms with Crippen LogP contribution in [0.1, 0.15) is 59.2 Å². The number of benzene rings is 1. The first kappa shape index (κ1) is 11.6. The Labute approximate surface area is 107 Å². The highest BCUT2D eigenvalue weighted by molar-refractivity contribution is 6.15. The van der Waals surface area contributed by atoms with Crippen LogP contribution in [0.3, 0.4) is 0 Å². The van der Waals surface area contributed by atoms with Crippen LogP contribution in [0.2, 0.25) is 0 Å². The van der Waals surface area contributed by atoms with E-state index in [2.05, 4.69) is 0 Å². The molecule has 2 aliphatic carbocycles. The third kappa shape index (κ3) is 1.80. The van der Waals surface area contributed by atoms with Gasteiger partial charge in [-0.2, -0.15) is 0 Å².